The molecule has 1 aromatic heterocycles. The Balaban J connectivity index is 0.00000261. The number of rotatable bonds is 6. The molecule has 2 aromatic rings. The van der Waals surface area contributed by atoms with Gasteiger partial charge < -0.3 is 15.2 Å². The van der Waals surface area contributed by atoms with E-state index in [4.69, 9.17) is 0 Å². The summed E-state index contributed by atoms with van der Waals surface area (Å²) in [6.45, 7) is 1.47. The second kappa shape index (κ2) is 10.1. The third-order valence-corrected chi connectivity index (χ3v) is 6.20. The van der Waals surface area contributed by atoms with Crippen LogP contribution >= 0.6 is 24.0 Å². The number of hydrogen-bond acceptors (Lipinski definition) is 4. The van der Waals surface area contributed by atoms with Crippen LogP contribution in [0.2, 0.25) is 0 Å². The quantitative estimate of drug-likeness (QED) is 0.354. The molecule has 0 spiro atoms. The predicted molar refractivity (Wildman–Crippen MR) is 118 cm³/mol. The molecule has 2 N–H and O–H groups in total. The van der Waals surface area contributed by atoms with Crippen LogP contribution in [0.3, 0.4) is 0 Å². The summed E-state index contributed by atoms with van der Waals surface area (Å²) in [5.41, 5.74) is 1.24. The molecule has 7 nitrogen and oxygen atoms in total. The fraction of sp³-hybridized carbons (Fsp3) is 0.444. The molecule has 1 aliphatic rings. The summed E-state index contributed by atoms with van der Waals surface area (Å²) >= 11 is 0. The van der Waals surface area contributed by atoms with Crippen LogP contribution in [-0.4, -0.2) is 55.1 Å². The number of nitrogens with one attached hydrogen (secondary N) is 2. The van der Waals surface area contributed by atoms with E-state index in [1.54, 1.807) is 7.05 Å². The van der Waals surface area contributed by atoms with Gasteiger partial charge in [0.2, 0.25) is 0 Å². The van der Waals surface area contributed by atoms with Crippen LogP contribution in [0.5, 0.6) is 0 Å². The monoisotopic (exact) mass is 503 g/mol. The fourth-order valence-corrected chi connectivity index (χ4v) is 4.76. The highest BCUT2D eigenvalue weighted by atomic mass is 127. The smallest absolute Gasteiger partial charge is 0.191 e. The maximum Gasteiger partial charge on any atom is 0.191 e. The van der Waals surface area contributed by atoms with Gasteiger partial charge in [-0.2, -0.15) is 0 Å². The number of sulfone groups is 1. The zero-order valence-corrected chi connectivity index (χ0v) is 18.5. The van der Waals surface area contributed by atoms with Gasteiger partial charge in [-0.05, 0) is 12.0 Å². The van der Waals surface area contributed by atoms with Gasteiger partial charge >= 0.3 is 0 Å². The molecule has 0 radical (unpaired) electrons. The first-order valence-corrected chi connectivity index (χ1v) is 10.6. The fourth-order valence-electron chi connectivity index (χ4n) is 3.08. The normalized spacial score (nSPS) is 18.7. The summed E-state index contributed by atoms with van der Waals surface area (Å²) in [6, 6.07) is 10.2. The minimum absolute atomic E-state index is 0. The highest BCUT2D eigenvalue weighted by Crippen LogP contribution is 2.11. The van der Waals surface area contributed by atoms with E-state index < -0.39 is 9.84 Å². The first-order chi connectivity index (χ1) is 12.6. The number of guanidine groups is 1. The summed E-state index contributed by atoms with van der Waals surface area (Å²) in [5.74, 6) is 2.06. The Morgan fingerprint density at radius 2 is 2.11 bits per heavy atom. The second-order valence-electron chi connectivity index (χ2n) is 6.45. The molecule has 9 heteroatoms. The molecule has 1 atom stereocenters. The van der Waals surface area contributed by atoms with Gasteiger partial charge in [0, 0.05) is 45.0 Å². The van der Waals surface area contributed by atoms with Crippen molar-refractivity contribution in [3.8, 4) is 0 Å². The topological polar surface area (TPSA) is 88.4 Å². The van der Waals surface area contributed by atoms with E-state index in [9.17, 15) is 8.42 Å². The maximum absolute atomic E-state index is 11.6. The molecular weight excluding hydrogens is 477 g/mol. The molecule has 1 saturated heterocycles. The van der Waals surface area contributed by atoms with Crippen LogP contribution in [0.1, 0.15) is 17.8 Å². The number of benzene rings is 1. The van der Waals surface area contributed by atoms with E-state index >= 15 is 0 Å². The lowest BCUT2D eigenvalue weighted by atomic mass is 10.2. The van der Waals surface area contributed by atoms with E-state index in [2.05, 4.69) is 37.3 Å². The van der Waals surface area contributed by atoms with Crippen molar-refractivity contribution in [3.63, 3.8) is 0 Å². The number of imidazole rings is 1. The summed E-state index contributed by atoms with van der Waals surface area (Å²) in [7, 11) is -1.21. The first-order valence-electron chi connectivity index (χ1n) is 8.77. The average Bonchev–Trinajstić information content (AvgIpc) is 3.20. The number of aliphatic imine (C=N–C) groups is 1. The van der Waals surface area contributed by atoms with Gasteiger partial charge in [0.1, 0.15) is 5.82 Å². The van der Waals surface area contributed by atoms with Crippen molar-refractivity contribution in [3.05, 3.63) is 54.1 Å². The first kappa shape index (κ1) is 21.7. The molecule has 1 aliphatic heterocycles. The van der Waals surface area contributed by atoms with Crippen molar-refractivity contribution in [2.24, 2.45) is 4.99 Å². The predicted octanol–water partition coefficient (Wildman–Crippen LogP) is 1.44. The van der Waals surface area contributed by atoms with Gasteiger partial charge in [-0.25, -0.2) is 13.4 Å². The molecular formula is C18H26IN5O2S. The van der Waals surface area contributed by atoms with E-state index in [1.165, 1.54) is 5.56 Å². The van der Waals surface area contributed by atoms with Crippen LogP contribution in [0.25, 0.3) is 0 Å². The lowest BCUT2D eigenvalue weighted by Gasteiger charge is -2.16. The molecule has 1 fully saturated rings. The molecule has 0 saturated carbocycles. The highest BCUT2D eigenvalue weighted by molar-refractivity contribution is 14.0. The van der Waals surface area contributed by atoms with Gasteiger partial charge in [-0.3, -0.25) is 4.99 Å². The standard InChI is InChI=1S/C18H25N5O2S.HI/c1-19-18(22-16-8-12-26(24,25)14-16)21-9-7-17-20-10-11-23(17)13-15-5-3-2-4-6-15;/h2-6,10-11,16H,7-9,12-14H2,1H3,(H2,19,21,22);1H. The summed E-state index contributed by atoms with van der Waals surface area (Å²) in [4.78, 5) is 8.62. The molecule has 148 valence electrons. The molecule has 3 rings (SSSR count). The Bertz CT molecular complexity index is 852. The Morgan fingerprint density at radius 3 is 2.78 bits per heavy atom. The number of nitrogens with zero attached hydrogens (tertiary/aromatic N) is 3. The van der Waals surface area contributed by atoms with Crippen molar-refractivity contribution in [1.29, 1.82) is 0 Å². The number of hydrogen-bond donors (Lipinski definition) is 2. The van der Waals surface area contributed by atoms with Crippen molar-refractivity contribution in [1.82, 2.24) is 20.2 Å². The van der Waals surface area contributed by atoms with Crippen molar-refractivity contribution in [2.75, 3.05) is 25.1 Å². The van der Waals surface area contributed by atoms with Crippen LogP contribution in [-0.2, 0) is 22.8 Å². The van der Waals surface area contributed by atoms with E-state index in [-0.39, 0.29) is 41.5 Å². The third kappa shape index (κ3) is 6.49. The molecule has 1 aromatic carbocycles. The Hall–Kier alpha value is -1.62. The molecule has 0 bridgehead atoms. The molecule has 1 unspecified atom stereocenters. The Kier molecular flexibility index (Phi) is 8.08. The molecule has 0 aliphatic carbocycles. The molecule has 0 amide bonds. The van der Waals surface area contributed by atoms with E-state index in [0.29, 0.717) is 18.9 Å². The maximum atomic E-state index is 11.6. The summed E-state index contributed by atoms with van der Waals surface area (Å²) in [5, 5.41) is 6.43. The van der Waals surface area contributed by atoms with Crippen LogP contribution in [0.4, 0.5) is 0 Å². The van der Waals surface area contributed by atoms with E-state index in [1.807, 2.05) is 30.6 Å². The van der Waals surface area contributed by atoms with Gasteiger partial charge in [-0.15, -0.1) is 24.0 Å². The van der Waals surface area contributed by atoms with Crippen LogP contribution in [0.15, 0.2) is 47.7 Å². The lowest BCUT2D eigenvalue weighted by molar-refractivity contribution is 0.599. The van der Waals surface area contributed by atoms with E-state index in [0.717, 1.165) is 18.8 Å². The SMILES string of the molecule is CN=C(NCCc1nccn1Cc1ccccc1)NC1CCS(=O)(=O)C1.I. The van der Waals surface area contributed by atoms with Gasteiger partial charge in [0.25, 0.3) is 0 Å². The largest absolute Gasteiger partial charge is 0.356 e. The highest BCUT2D eigenvalue weighted by Gasteiger charge is 2.28. The van der Waals surface area contributed by atoms with Crippen LogP contribution in [0, 0.1) is 0 Å². The van der Waals surface area contributed by atoms with Crippen molar-refractivity contribution >= 4 is 39.8 Å². The van der Waals surface area contributed by atoms with Crippen molar-refractivity contribution < 1.29 is 8.42 Å². The van der Waals surface area contributed by atoms with Crippen molar-refractivity contribution in [2.45, 2.75) is 25.4 Å². The minimum Gasteiger partial charge on any atom is -0.356 e. The molecule has 2 heterocycles. The van der Waals surface area contributed by atoms with Gasteiger partial charge in [0.15, 0.2) is 15.8 Å². The zero-order valence-electron chi connectivity index (χ0n) is 15.3. The Morgan fingerprint density at radius 1 is 1.33 bits per heavy atom. The minimum atomic E-state index is -2.90. The average molecular weight is 503 g/mol. The Labute approximate surface area is 177 Å². The summed E-state index contributed by atoms with van der Waals surface area (Å²) in [6.07, 6.45) is 5.18. The lowest BCUT2D eigenvalue weighted by Crippen LogP contribution is -2.44. The number of halogens is 1. The van der Waals surface area contributed by atoms with Gasteiger partial charge in [0.05, 0.1) is 11.5 Å². The summed E-state index contributed by atoms with van der Waals surface area (Å²) < 4.78 is 25.2. The number of aromatic nitrogens is 2. The zero-order chi connectivity index (χ0) is 18.4. The second-order valence-corrected chi connectivity index (χ2v) is 8.68. The molecule has 27 heavy (non-hydrogen) atoms. The third-order valence-electron chi connectivity index (χ3n) is 4.44. The van der Waals surface area contributed by atoms with Crippen LogP contribution < -0.4 is 10.6 Å². The van der Waals surface area contributed by atoms with Gasteiger partial charge in [-0.1, -0.05) is 30.3 Å².